The summed E-state index contributed by atoms with van der Waals surface area (Å²) in [6, 6.07) is 17.0. The van der Waals surface area contributed by atoms with Crippen LogP contribution in [-0.4, -0.2) is 6.61 Å². The minimum atomic E-state index is 0.589. The van der Waals surface area contributed by atoms with E-state index in [0.29, 0.717) is 12.5 Å². The molecule has 1 heteroatoms. The lowest BCUT2D eigenvalue weighted by Crippen LogP contribution is -2.13. The SMILES string of the molecule is CCCCCCCCC1CCC(C#Cc2ccc(-c3ccc(OCC)cc3)cc2)CC1. The van der Waals surface area contributed by atoms with E-state index in [2.05, 4.69) is 55.2 Å². The number of benzene rings is 2. The molecule has 1 aliphatic carbocycles. The van der Waals surface area contributed by atoms with Crippen LogP contribution in [0.1, 0.15) is 90.0 Å². The van der Waals surface area contributed by atoms with Crippen LogP contribution < -0.4 is 4.74 Å². The molecule has 0 bridgehead atoms. The first-order chi connectivity index (χ1) is 15.3. The molecule has 2 aromatic rings. The van der Waals surface area contributed by atoms with Gasteiger partial charge in [-0.25, -0.2) is 0 Å². The molecule has 0 radical (unpaired) electrons. The van der Waals surface area contributed by atoms with Gasteiger partial charge >= 0.3 is 0 Å². The monoisotopic (exact) mass is 416 g/mol. The molecule has 0 aliphatic heterocycles. The first-order valence-electron chi connectivity index (χ1n) is 12.6. The second-order valence-electron chi connectivity index (χ2n) is 9.08. The number of rotatable bonds is 10. The van der Waals surface area contributed by atoms with Gasteiger partial charge in [0.15, 0.2) is 0 Å². The van der Waals surface area contributed by atoms with E-state index in [1.807, 2.05) is 19.1 Å². The van der Waals surface area contributed by atoms with Crippen molar-refractivity contribution in [1.29, 1.82) is 0 Å². The van der Waals surface area contributed by atoms with Crippen molar-refractivity contribution in [3.05, 3.63) is 54.1 Å². The lowest BCUT2D eigenvalue weighted by atomic mass is 9.80. The summed E-state index contributed by atoms with van der Waals surface area (Å²) in [4.78, 5) is 0. The third-order valence-corrected chi connectivity index (χ3v) is 6.62. The molecule has 0 atom stereocenters. The quantitative estimate of drug-likeness (QED) is 0.278. The van der Waals surface area contributed by atoms with Crippen molar-refractivity contribution >= 4 is 0 Å². The highest BCUT2D eigenvalue weighted by atomic mass is 16.5. The predicted octanol–water partition coefficient (Wildman–Crippen LogP) is 8.66. The maximum Gasteiger partial charge on any atom is 0.119 e. The van der Waals surface area contributed by atoms with Crippen molar-refractivity contribution in [2.24, 2.45) is 11.8 Å². The Morgan fingerprint density at radius 2 is 1.35 bits per heavy atom. The number of hydrogen-bond donors (Lipinski definition) is 0. The van der Waals surface area contributed by atoms with Crippen molar-refractivity contribution in [2.45, 2.75) is 84.5 Å². The molecule has 31 heavy (non-hydrogen) atoms. The van der Waals surface area contributed by atoms with E-state index in [-0.39, 0.29) is 0 Å². The van der Waals surface area contributed by atoms with Crippen molar-refractivity contribution in [3.63, 3.8) is 0 Å². The highest BCUT2D eigenvalue weighted by Crippen LogP contribution is 2.32. The molecule has 0 spiro atoms. The van der Waals surface area contributed by atoms with E-state index in [1.54, 1.807) is 0 Å². The average molecular weight is 417 g/mol. The lowest BCUT2D eigenvalue weighted by molar-refractivity contribution is 0.293. The van der Waals surface area contributed by atoms with Gasteiger partial charge in [0.25, 0.3) is 0 Å². The highest BCUT2D eigenvalue weighted by Gasteiger charge is 2.19. The predicted molar refractivity (Wildman–Crippen MR) is 133 cm³/mol. The van der Waals surface area contributed by atoms with Crippen molar-refractivity contribution < 1.29 is 4.74 Å². The number of unbranched alkanes of at least 4 members (excludes halogenated alkanes) is 5. The summed E-state index contributed by atoms with van der Waals surface area (Å²) in [5.74, 6) is 9.47. The van der Waals surface area contributed by atoms with Crippen molar-refractivity contribution in [3.8, 4) is 28.7 Å². The Bertz CT molecular complexity index is 798. The zero-order valence-electron chi connectivity index (χ0n) is 19.7. The van der Waals surface area contributed by atoms with Crippen LogP contribution in [0.15, 0.2) is 48.5 Å². The van der Waals surface area contributed by atoms with Crippen molar-refractivity contribution in [1.82, 2.24) is 0 Å². The minimum absolute atomic E-state index is 0.589. The van der Waals surface area contributed by atoms with Gasteiger partial charge in [-0.15, -0.1) is 0 Å². The zero-order valence-corrected chi connectivity index (χ0v) is 19.7. The molecule has 0 N–H and O–H groups in total. The molecule has 0 aromatic heterocycles. The third-order valence-electron chi connectivity index (χ3n) is 6.62. The Morgan fingerprint density at radius 1 is 0.742 bits per heavy atom. The normalized spacial score (nSPS) is 18.3. The molecule has 0 amide bonds. The average Bonchev–Trinajstić information content (AvgIpc) is 2.82. The molecule has 2 aromatic carbocycles. The Kier molecular flexibility index (Phi) is 10.0. The van der Waals surface area contributed by atoms with Crippen LogP contribution in [-0.2, 0) is 0 Å². The molecule has 0 saturated heterocycles. The smallest absolute Gasteiger partial charge is 0.119 e. The van der Waals surface area contributed by atoms with Crippen LogP contribution in [0.5, 0.6) is 5.75 Å². The van der Waals surface area contributed by atoms with Gasteiger partial charge in [-0.05, 0) is 73.9 Å². The van der Waals surface area contributed by atoms with Crippen molar-refractivity contribution in [2.75, 3.05) is 6.61 Å². The van der Waals surface area contributed by atoms with Gasteiger partial charge in [-0.1, -0.05) is 88.0 Å². The first-order valence-corrected chi connectivity index (χ1v) is 12.6. The van der Waals surface area contributed by atoms with E-state index in [1.165, 1.54) is 81.8 Å². The summed E-state index contributed by atoms with van der Waals surface area (Å²) in [6.07, 6.45) is 15.3. The topological polar surface area (TPSA) is 9.23 Å². The highest BCUT2D eigenvalue weighted by molar-refractivity contribution is 5.65. The van der Waals surface area contributed by atoms with E-state index in [0.717, 1.165) is 17.2 Å². The van der Waals surface area contributed by atoms with Gasteiger partial charge in [0, 0.05) is 11.5 Å². The van der Waals surface area contributed by atoms with Crippen LogP contribution in [0.25, 0.3) is 11.1 Å². The zero-order chi connectivity index (χ0) is 21.7. The van der Waals surface area contributed by atoms with Gasteiger partial charge in [-0.2, -0.15) is 0 Å². The molecule has 1 fully saturated rings. The van der Waals surface area contributed by atoms with E-state index in [9.17, 15) is 0 Å². The van der Waals surface area contributed by atoms with Gasteiger partial charge in [0.1, 0.15) is 5.75 Å². The maximum absolute atomic E-state index is 5.53. The molecule has 1 nitrogen and oxygen atoms in total. The molecule has 3 rings (SSSR count). The second-order valence-corrected chi connectivity index (χ2v) is 9.08. The van der Waals surface area contributed by atoms with Gasteiger partial charge < -0.3 is 4.74 Å². The van der Waals surface area contributed by atoms with E-state index >= 15 is 0 Å². The lowest BCUT2D eigenvalue weighted by Gasteiger charge is -2.25. The Hall–Kier alpha value is -2.20. The van der Waals surface area contributed by atoms with Crippen LogP contribution in [0.4, 0.5) is 0 Å². The molecular weight excluding hydrogens is 376 g/mol. The summed E-state index contributed by atoms with van der Waals surface area (Å²) < 4.78 is 5.53. The van der Waals surface area contributed by atoms with Crippen LogP contribution >= 0.6 is 0 Å². The number of hydrogen-bond acceptors (Lipinski definition) is 1. The van der Waals surface area contributed by atoms with Crippen LogP contribution in [0, 0.1) is 23.7 Å². The van der Waals surface area contributed by atoms with E-state index in [4.69, 9.17) is 4.74 Å². The fourth-order valence-corrected chi connectivity index (χ4v) is 4.65. The molecule has 1 aliphatic rings. The summed E-state index contributed by atoms with van der Waals surface area (Å²) in [7, 11) is 0. The Balaban J connectivity index is 1.41. The summed E-state index contributed by atoms with van der Waals surface area (Å²) in [5.41, 5.74) is 3.57. The Morgan fingerprint density at radius 3 is 2.00 bits per heavy atom. The molecule has 0 heterocycles. The molecule has 0 unspecified atom stereocenters. The van der Waals surface area contributed by atoms with Gasteiger partial charge in [-0.3, -0.25) is 0 Å². The fraction of sp³-hybridized carbons (Fsp3) is 0.533. The Labute approximate surface area is 190 Å². The maximum atomic E-state index is 5.53. The minimum Gasteiger partial charge on any atom is -0.494 e. The summed E-state index contributed by atoms with van der Waals surface area (Å²) >= 11 is 0. The molecular formula is C30H40O. The largest absolute Gasteiger partial charge is 0.494 e. The number of ether oxygens (including phenoxy) is 1. The standard InChI is InChI=1S/C30H40O/c1-3-5-6-7-8-9-10-25-11-13-26(14-12-25)15-16-27-17-19-28(20-18-27)29-21-23-30(24-22-29)31-4-2/h17-26H,3-14H2,1-2H3. The molecule has 166 valence electrons. The van der Waals surface area contributed by atoms with E-state index < -0.39 is 0 Å². The second kappa shape index (κ2) is 13.3. The van der Waals surface area contributed by atoms with Gasteiger partial charge in [0.05, 0.1) is 6.61 Å². The van der Waals surface area contributed by atoms with Gasteiger partial charge in [0.2, 0.25) is 0 Å². The summed E-state index contributed by atoms with van der Waals surface area (Å²) in [5, 5.41) is 0. The summed E-state index contributed by atoms with van der Waals surface area (Å²) in [6.45, 7) is 5.00. The van der Waals surface area contributed by atoms with Crippen LogP contribution in [0.3, 0.4) is 0 Å². The fourth-order valence-electron chi connectivity index (χ4n) is 4.65. The third kappa shape index (κ3) is 8.10. The molecule has 1 saturated carbocycles. The first kappa shape index (κ1) is 23.5. The van der Waals surface area contributed by atoms with Crippen LogP contribution in [0.2, 0.25) is 0 Å².